The topological polar surface area (TPSA) is 73.1 Å². The van der Waals surface area contributed by atoms with Gasteiger partial charge < -0.3 is 9.64 Å². The molecule has 1 aliphatic heterocycles. The maximum absolute atomic E-state index is 13.0. The number of carbonyl (C=O) groups is 1. The molecule has 7 heteroatoms. The van der Waals surface area contributed by atoms with Gasteiger partial charge in [-0.15, -0.1) is 0 Å². The van der Waals surface area contributed by atoms with Crippen molar-refractivity contribution < 1.29 is 9.53 Å². The predicted molar refractivity (Wildman–Crippen MR) is 120 cm³/mol. The highest BCUT2D eigenvalue weighted by atomic mass is 16.5. The maximum Gasteiger partial charge on any atom is 0.264 e. The molecule has 3 heterocycles. The molecule has 0 saturated carbocycles. The van der Waals surface area contributed by atoms with Crippen LogP contribution >= 0.6 is 0 Å². The smallest absolute Gasteiger partial charge is 0.264 e. The summed E-state index contributed by atoms with van der Waals surface area (Å²) in [6.45, 7) is 10.7. The van der Waals surface area contributed by atoms with E-state index in [2.05, 4.69) is 36.8 Å². The quantitative estimate of drug-likeness (QED) is 0.641. The molecule has 2 aromatic heterocycles. The Balaban J connectivity index is 1.61. The van der Waals surface area contributed by atoms with Gasteiger partial charge in [-0.25, -0.2) is 9.97 Å². The lowest BCUT2D eigenvalue weighted by Gasteiger charge is -2.29. The summed E-state index contributed by atoms with van der Waals surface area (Å²) in [7, 11) is 0. The van der Waals surface area contributed by atoms with Crippen LogP contribution in [0.2, 0.25) is 0 Å². The van der Waals surface area contributed by atoms with E-state index in [1.54, 1.807) is 4.68 Å². The monoisotopic (exact) mass is 419 g/mol. The summed E-state index contributed by atoms with van der Waals surface area (Å²) in [5.41, 5.74) is 4.54. The van der Waals surface area contributed by atoms with Gasteiger partial charge in [-0.2, -0.15) is 9.78 Å². The van der Waals surface area contributed by atoms with Gasteiger partial charge in [-0.1, -0.05) is 39.0 Å². The third kappa shape index (κ3) is 4.45. The summed E-state index contributed by atoms with van der Waals surface area (Å²) in [6.07, 6.45) is 1.94. The van der Waals surface area contributed by atoms with Gasteiger partial charge in [0, 0.05) is 35.1 Å². The number of aromatic nitrogens is 4. The first kappa shape index (κ1) is 21.0. The number of para-hydroxylation sites is 1. The zero-order valence-corrected chi connectivity index (χ0v) is 18.8. The molecule has 0 bridgehead atoms. The average Bonchev–Trinajstić information content (AvgIpc) is 3.16. The van der Waals surface area contributed by atoms with Crippen LogP contribution in [-0.2, 0) is 16.6 Å². The Labute approximate surface area is 183 Å². The molecule has 4 rings (SSSR count). The van der Waals surface area contributed by atoms with E-state index in [9.17, 15) is 4.79 Å². The SMILES string of the molecule is Cc1cc(C)nc(-n2nc(C(C)(C)C)cc2OCC(=O)N2CCCc3ccccc32)n1. The van der Waals surface area contributed by atoms with Crippen molar-refractivity contribution in [3.05, 3.63) is 59.0 Å². The molecule has 1 aliphatic rings. The first-order valence-corrected chi connectivity index (χ1v) is 10.7. The molecule has 0 unspecified atom stereocenters. The van der Waals surface area contributed by atoms with Gasteiger partial charge >= 0.3 is 0 Å². The molecule has 0 spiro atoms. The molecule has 1 aromatic carbocycles. The van der Waals surface area contributed by atoms with Gasteiger partial charge in [0.15, 0.2) is 6.61 Å². The zero-order chi connectivity index (χ0) is 22.2. The van der Waals surface area contributed by atoms with E-state index in [1.807, 2.05) is 49.1 Å². The summed E-state index contributed by atoms with van der Waals surface area (Å²) >= 11 is 0. The van der Waals surface area contributed by atoms with Crippen molar-refractivity contribution in [1.82, 2.24) is 19.7 Å². The van der Waals surface area contributed by atoms with E-state index in [4.69, 9.17) is 9.84 Å². The van der Waals surface area contributed by atoms with Crippen LogP contribution in [0.4, 0.5) is 5.69 Å². The minimum absolute atomic E-state index is 0.0708. The van der Waals surface area contributed by atoms with Crippen LogP contribution in [0.25, 0.3) is 5.95 Å². The lowest BCUT2D eigenvalue weighted by atomic mass is 9.93. The van der Waals surface area contributed by atoms with Crippen LogP contribution in [0.1, 0.15) is 49.8 Å². The number of hydrogen-bond donors (Lipinski definition) is 0. The molecular formula is C24H29N5O2. The molecule has 0 atom stereocenters. The first-order valence-electron chi connectivity index (χ1n) is 10.7. The van der Waals surface area contributed by atoms with Gasteiger partial charge in [-0.3, -0.25) is 4.79 Å². The Morgan fingerprint density at radius 2 is 1.81 bits per heavy atom. The number of aryl methyl sites for hydroxylation is 3. The third-order valence-corrected chi connectivity index (χ3v) is 5.36. The lowest BCUT2D eigenvalue weighted by molar-refractivity contribution is -0.120. The van der Waals surface area contributed by atoms with Gasteiger partial charge in [0.2, 0.25) is 5.88 Å². The molecule has 0 aliphatic carbocycles. The Morgan fingerprint density at radius 1 is 1.10 bits per heavy atom. The number of benzene rings is 1. The van der Waals surface area contributed by atoms with Crippen LogP contribution in [0.3, 0.4) is 0 Å². The second-order valence-corrected chi connectivity index (χ2v) is 9.05. The highest BCUT2D eigenvalue weighted by Gasteiger charge is 2.25. The largest absolute Gasteiger partial charge is 0.467 e. The molecule has 7 nitrogen and oxygen atoms in total. The average molecular weight is 420 g/mol. The summed E-state index contributed by atoms with van der Waals surface area (Å²) < 4.78 is 7.60. The van der Waals surface area contributed by atoms with E-state index in [1.165, 1.54) is 5.56 Å². The van der Waals surface area contributed by atoms with E-state index in [0.717, 1.165) is 35.6 Å². The number of fused-ring (bicyclic) bond motifs is 1. The normalized spacial score (nSPS) is 13.8. The number of nitrogens with zero attached hydrogens (tertiary/aromatic N) is 5. The molecule has 3 aromatic rings. The van der Waals surface area contributed by atoms with Crippen molar-refractivity contribution in [2.75, 3.05) is 18.1 Å². The first-order chi connectivity index (χ1) is 14.7. The van der Waals surface area contributed by atoms with Crippen LogP contribution in [0.5, 0.6) is 5.88 Å². The number of amides is 1. The molecule has 162 valence electrons. The van der Waals surface area contributed by atoms with Gasteiger partial charge in [0.1, 0.15) is 0 Å². The molecule has 0 fully saturated rings. The predicted octanol–water partition coefficient (Wildman–Crippen LogP) is 3.93. The highest BCUT2D eigenvalue weighted by molar-refractivity contribution is 5.95. The van der Waals surface area contributed by atoms with Gasteiger partial charge in [-0.05, 0) is 44.4 Å². The van der Waals surface area contributed by atoms with Gasteiger partial charge in [0.05, 0.1) is 5.69 Å². The highest BCUT2D eigenvalue weighted by Crippen LogP contribution is 2.29. The van der Waals surface area contributed by atoms with Crippen molar-refractivity contribution in [3.8, 4) is 11.8 Å². The second kappa shape index (κ2) is 8.13. The number of rotatable bonds is 4. The van der Waals surface area contributed by atoms with Crippen molar-refractivity contribution in [2.45, 2.75) is 52.9 Å². The third-order valence-electron chi connectivity index (χ3n) is 5.36. The molecule has 0 saturated heterocycles. The van der Waals surface area contributed by atoms with Gasteiger partial charge in [0.25, 0.3) is 11.9 Å². The number of carbonyl (C=O) groups excluding carboxylic acids is 1. The van der Waals surface area contributed by atoms with E-state index >= 15 is 0 Å². The van der Waals surface area contributed by atoms with Crippen molar-refractivity contribution in [1.29, 1.82) is 0 Å². The van der Waals surface area contributed by atoms with E-state index in [-0.39, 0.29) is 17.9 Å². The van der Waals surface area contributed by atoms with Crippen molar-refractivity contribution in [3.63, 3.8) is 0 Å². The molecule has 31 heavy (non-hydrogen) atoms. The Bertz CT molecular complexity index is 1090. The van der Waals surface area contributed by atoms with Crippen LogP contribution in [0.15, 0.2) is 36.4 Å². The summed E-state index contributed by atoms with van der Waals surface area (Å²) in [5.74, 6) is 0.839. The molecule has 0 radical (unpaired) electrons. The number of hydrogen-bond acceptors (Lipinski definition) is 5. The molecular weight excluding hydrogens is 390 g/mol. The Morgan fingerprint density at radius 3 is 2.52 bits per heavy atom. The van der Waals surface area contributed by atoms with E-state index in [0.29, 0.717) is 18.4 Å². The Hall–Kier alpha value is -3.22. The maximum atomic E-state index is 13.0. The second-order valence-electron chi connectivity index (χ2n) is 9.05. The summed E-state index contributed by atoms with van der Waals surface area (Å²) in [6, 6.07) is 11.8. The fraction of sp³-hybridized carbons (Fsp3) is 0.417. The van der Waals surface area contributed by atoms with Crippen molar-refractivity contribution >= 4 is 11.6 Å². The van der Waals surface area contributed by atoms with Crippen LogP contribution in [-0.4, -0.2) is 38.8 Å². The zero-order valence-electron chi connectivity index (χ0n) is 18.8. The van der Waals surface area contributed by atoms with Crippen LogP contribution < -0.4 is 9.64 Å². The molecule has 0 N–H and O–H groups in total. The Kier molecular flexibility index (Phi) is 5.52. The number of anilines is 1. The standard InChI is InChI=1S/C24H29N5O2/c1-16-13-17(2)26-23(25-16)29-22(14-20(27-29)24(3,4)5)31-15-21(30)28-12-8-10-18-9-6-7-11-19(18)28/h6-7,9,11,13-14H,8,10,12,15H2,1-5H3. The lowest BCUT2D eigenvalue weighted by Crippen LogP contribution is -2.38. The van der Waals surface area contributed by atoms with E-state index < -0.39 is 0 Å². The minimum Gasteiger partial charge on any atom is -0.467 e. The van der Waals surface area contributed by atoms with Crippen LogP contribution in [0, 0.1) is 13.8 Å². The molecule has 1 amide bonds. The summed E-state index contributed by atoms with van der Waals surface area (Å²) in [5, 5.41) is 4.70. The summed E-state index contributed by atoms with van der Waals surface area (Å²) in [4.78, 5) is 23.9. The fourth-order valence-corrected chi connectivity index (χ4v) is 3.78. The fourth-order valence-electron chi connectivity index (χ4n) is 3.78. The van der Waals surface area contributed by atoms with Crippen molar-refractivity contribution in [2.24, 2.45) is 0 Å². The minimum atomic E-state index is -0.182. The number of ether oxygens (including phenoxy) is 1.